The third-order valence-electron chi connectivity index (χ3n) is 5.32. The zero-order chi connectivity index (χ0) is 20.0. The molecule has 0 radical (unpaired) electrons. The molecule has 0 amide bonds. The molecule has 0 fully saturated rings. The summed E-state index contributed by atoms with van der Waals surface area (Å²) in [4.78, 5) is 9.51. The average Bonchev–Trinajstić information content (AvgIpc) is 3.29. The molecule has 1 N–H and O–H groups in total. The fraction of sp³-hybridized carbons (Fsp3) is 0.261. The lowest BCUT2D eigenvalue weighted by Crippen LogP contribution is -2.07. The van der Waals surface area contributed by atoms with Gasteiger partial charge in [0.2, 0.25) is 0 Å². The second kappa shape index (κ2) is 7.16. The Hall–Kier alpha value is -2.92. The van der Waals surface area contributed by atoms with Crippen molar-refractivity contribution in [1.29, 1.82) is 0 Å². The maximum absolute atomic E-state index is 6.00. The Balaban J connectivity index is 1.57. The topological polar surface area (TPSA) is 55.1 Å². The minimum absolute atomic E-state index is 0.647. The van der Waals surface area contributed by atoms with Crippen molar-refractivity contribution in [3.63, 3.8) is 0 Å². The molecule has 0 bridgehead atoms. The van der Waals surface area contributed by atoms with E-state index >= 15 is 0 Å². The Bertz CT molecular complexity index is 1190. The maximum atomic E-state index is 6.00. The molecule has 0 unspecified atom stereocenters. The molecule has 4 aromatic rings. The second-order valence-corrected chi connectivity index (χ2v) is 8.22. The van der Waals surface area contributed by atoms with Crippen LogP contribution < -0.4 is 5.32 Å². The molecule has 29 heavy (non-hydrogen) atoms. The van der Waals surface area contributed by atoms with E-state index in [0.29, 0.717) is 12.2 Å². The van der Waals surface area contributed by atoms with Gasteiger partial charge in [0, 0.05) is 22.7 Å². The van der Waals surface area contributed by atoms with Crippen molar-refractivity contribution in [3.05, 3.63) is 81.3 Å². The summed E-state index contributed by atoms with van der Waals surface area (Å²) in [5, 5.41) is 9.14. The van der Waals surface area contributed by atoms with Gasteiger partial charge in [-0.2, -0.15) is 9.50 Å². The van der Waals surface area contributed by atoms with Crippen LogP contribution in [0.25, 0.3) is 5.78 Å². The number of fused-ring (bicyclic) bond motifs is 2. The zero-order valence-electron chi connectivity index (χ0n) is 16.5. The first kappa shape index (κ1) is 18.1. The van der Waals surface area contributed by atoms with Crippen LogP contribution in [0.2, 0.25) is 5.02 Å². The summed E-state index contributed by atoms with van der Waals surface area (Å²) in [7, 11) is 0. The smallest absolute Gasteiger partial charge is 0.254 e. The maximum Gasteiger partial charge on any atom is 0.254 e. The van der Waals surface area contributed by atoms with Crippen LogP contribution in [0, 0.1) is 13.8 Å². The molecule has 6 heteroatoms. The highest BCUT2D eigenvalue weighted by Gasteiger charge is 2.22. The van der Waals surface area contributed by atoms with Crippen molar-refractivity contribution < 1.29 is 0 Å². The fourth-order valence-corrected chi connectivity index (χ4v) is 4.22. The Kier molecular flexibility index (Phi) is 4.47. The lowest BCUT2D eigenvalue weighted by molar-refractivity contribution is 0.885. The zero-order valence-corrected chi connectivity index (χ0v) is 17.3. The molecular formula is C23H22ClN5. The molecule has 0 aliphatic heterocycles. The average molecular weight is 404 g/mol. The van der Waals surface area contributed by atoms with Crippen molar-refractivity contribution in [1.82, 2.24) is 19.6 Å². The highest BCUT2D eigenvalue weighted by Crippen LogP contribution is 2.31. The monoisotopic (exact) mass is 403 g/mol. The Morgan fingerprint density at radius 3 is 2.52 bits per heavy atom. The third-order valence-corrected chi connectivity index (χ3v) is 5.57. The van der Waals surface area contributed by atoms with E-state index < -0.39 is 0 Å². The Morgan fingerprint density at radius 2 is 1.76 bits per heavy atom. The first-order valence-electron chi connectivity index (χ1n) is 9.92. The number of nitrogens with zero attached hydrogens (tertiary/aromatic N) is 4. The molecule has 2 aromatic heterocycles. The van der Waals surface area contributed by atoms with Crippen LogP contribution in [0.4, 0.5) is 11.5 Å². The first-order chi connectivity index (χ1) is 14.0. The van der Waals surface area contributed by atoms with E-state index in [1.807, 2.05) is 28.8 Å². The number of anilines is 2. The summed E-state index contributed by atoms with van der Waals surface area (Å²) >= 11 is 6.00. The molecule has 2 aromatic carbocycles. The van der Waals surface area contributed by atoms with Gasteiger partial charge in [0.1, 0.15) is 5.82 Å². The summed E-state index contributed by atoms with van der Waals surface area (Å²) in [5.41, 5.74) is 7.04. The molecular weight excluding hydrogens is 382 g/mol. The SMILES string of the molecule is Cc1cc(C)cc(Nc2c3c(nc4nc(Cc5ccc(Cl)cc5)nn24)CCC3)c1. The number of hydrogen-bond acceptors (Lipinski definition) is 4. The first-order valence-corrected chi connectivity index (χ1v) is 10.3. The van der Waals surface area contributed by atoms with Crippen LogP contribution >= 0.6 is 11.6 Å². The van der Waals surface area contributed by atoms with Gasteiger partial charge < -0.3 is 5.32 Å². The van der Waals surface area contributed by atoms with Crippen LogP contribution in [0.15, 0.2) is 42.5 Å². The number of benzene rings is 2. The number of nitrogens with one attached hydrogen (secondary N) is 1. The van der Waals surface area contributed by atoms with Crippen LogP contribution in [0.5, 0.6) is 0 Å². The molecule has 2 heterocycles. The van der Waals surface area contributed by atoms with Crippen molar-refractivity contribution >= 4 is 28.9 Å². The van der Waals surface area contributed by atoms with Crippen molar-refractivity contribution in [2.75, 3.05) is 5.32 Å². The number of rotatable bonds is 4. The third kappa shape index (κ3) is 3.58. The number of aromatic nitrogens is 4. The van der Waals surface area contributed by atoms with E-state index in [4.69, 9.17) is 26.7 Å². The van der Waals surface area contributed by atoms with Crippen LogP contribution in [-0.2, 0) is 19.3 Å². The van der Waals surface area contributed by atoms with Crippen LogP contribution in [0.1, 0.15) is 40.2 Å². The molecule has 1 aliphatic carbocycles. The van der Waals surface area contributed by atoms with E-state index in [-0.39, 0.29) is 0 Å². The van der Waals surface area contributed by atoms with Crippen molar-refractivity contribution in [2.45, 2.75) is 39.5 Å². The van der Waals surface area contributed by atoms with Gasteiger partial charge in [-0.25, -0.2) is 4.98 Å². The van der Waals surface area contributed by atoms with Crippen LogP contribution in [-0.4, -0.2) is 19.6 Å². The van der Waals surface area contributed by atoms with E-state index in [0.717, 1.165) is 52.9 Å². The lowest BCUT2D eigenvalue weighted by Gasteiger charge is -2.13. The Morgan fingerprint density at radius 1 is 1.00 bits per heavy atom. The number of halogens is 1. The van der Waals surface area contributed by atoms with Crippen LogP contribution in [0.3, 0.4) is 0 Å². The highest BCUT2D eigenvalue weighted by molar-refractivity contribution is 6.30. The molecule has 0 saturated carbocycles. The van der Waals surface area contributed by atoms with E-state index in [2.05, 4.69) is 37.4 Å². The van der Waals surface area contributed by atoms with Crippen molar-refractivity contribution in [2.24, 2.45) is 0 Å². The van der Waals surface area contributed by atoms with E-state index in [1.54, 1.807) is 0 Å². The minimum Gasteiger partial charge on any atom is -0.340 e. The highest BCUT2D eigenvalue weighted by atomic mass is 35.5. The van der Waals surface area contributed by atoms with Gasteiger partial charge in [0.05, 0.1) is 5.69 Å². The molecule has 5 nitrogen and oxygen atoms in total. The largest absolute Gasteiger partial charge is 0.340 e. The number of aryl methyl sites for hydroxylation is 3. The predicted molar refractivity (Wildman–Crippen MR) is 116 cm³/mol. The van der Waals surface area contributed by atoms with Gasteiger partial charge in [-0.1, -0.05) is 29.8 Å². The molecule has 146 valence electrons. The quantitative estimate of drug-likeness (QED) is 0.507. The molecule has 0 spiro atoms. The van der Waals surface area contributed by atoms with Gasteiger partial charge >= 0.3 is 0 Å². The van der Waals surface area contributed by atoms with Gasteiger partial charge in [0.15, 0.2) is 5.82 Å². The van der Waals surface area contributed by atoms with E-state index in [1.165, 1.54) is 16.7 Å². The molecule has 0 atom stereocenters. The Labute approximate surface area is 174 Å². The molecule has 5 rings (SSSR count). The molecule has 1 aliphatic rings. The predicted octanol–water partition coefficient (Wildman–Crippen LogP) is 5.22. The van der Waals surface area contributed by atoms with Crippen molar-refractivity contribution in [3.8, 4) is 0 Å². The lowest BCUT2D eigenvalue weighted by atomic mass is 10.1. The summed E-state index contributed by atoms with van der Waals surface area (Å²) < 4.78 is 1.87. The normalized spacial score (nSPS) is 13.1. The summed E-state index contributed by atoms with van der Waals surface area (Å²) in [6.45, 7) is 4.23. The molecule has 0 saturated heterocycles. The second-order valence-electron chi connectivity index (χ2n) is 7.78. The number of hydrogen-bond donors (Lipinski definition) is 1. The van der Waals surface area contributed by atoms with E-state index in [9.17, 15) is 0 Å². The summed E-state index contributed by atoms with van der Waals surface area (Å²) in [5.74, 6) is 2.40. The van der Waals surface area contributed by atoms with Gasteiger partial charge in [-0.15, -0.1) is 5.10 Å². The summed E-state index contributed by atoms with van der Waals surface area (Å²) in [6.07, 6.45) is 3.77. The minimum atomic E-state index is 0.647. The fourth-order valence-electron chi connectivity index (χ4n) is 4.09. The summed E-state index contributed by atoms with van der Waals surface area (Å²) in [6, 6.07) is 14.3. The standard InChI is InChI=1S/C23H22ClN5/c1-14-10-15(2)12-18(11-14)25-22-19-4-3-5-20(19)26-23-27-21(28-29(22)23)13-16-6-8-17(24)9-7-16/h6-12,25H,3-5,13H2,1-2H3. The van der Waals surface area contributed by atoms with Gasteiger partial charge in [-0.3, -0.25) is 0 Å². The van der Waals surface area contributed by atoms with Gasteiger partial charge in [-0.05, 0) is 74.1 Å². The van der Waals surface area contributed by atoms with Gasteiger partial charge in [0.25, 0.3) is 5.78 Å².